The van der Waals surface area contributed by atoms with Crippen LogP contribution in [0.1, 0.15) is 33.6 Å². The molecular formula is C10H18O. The predicted octanol–water partition coefficient (Wildman–Crippen LogP) is 2.05. The summed E-state index contributed by atoms with van der Waals surface area (Å²) in [5.41, 5.74) is 0.502. The molecule has 1 heteroatoms. The van der Waals surface area contributed by atoms with E-state index in [1.54, 1.807) is 0 Å². The third-order valence-electron chi connectivity index (χ3n) is 4.39. The topological polar surface area (TPSA) is 20.2 Å². The van der Waals surface area contributed by atoms with E-state index in [1.807, 2.05) is 0 Å². The first-order chi connectivity index (χ1) is 5.05. The molecule has 0 aliphatic heterocycles. The van der Waals surface area contributed by atoms with Crippen LogP contribution in [-0.2, 0) is 0 Å². The molecule has 4 atom stereocenters. The van der Waals surface area contributed by atoms with Crippen molar-refractivity contribution in [2.45, 2.75) is 39.7 Å². The van der Waals surface area contributed by atoms with Crippen molar-refractivity contribution in [3.63, 3.8) is 0 Å². The van der Waals surface area contributed by atoms with Crippen molar-refractivity contribution in [1.29, 1.82) is 0 Å². The number of fused-ring (bicyclic) bond motifs is 1. The van der Waals surface area contributed by atoms with Gasteiger partial charge in [-0.25, -0.2) is 0 Å². The van der Waals surface area contributed by atoms with E-state index in [1.165, 1.54) is 6.42 Å². The summed E-state index contributed by atoms with van der Waals surface area (Å²) in [6.45, 7) is 6.98. The molecule has 1 N–H and O–H groups in total. The summed E-state index contributed by atoms with van der Waals surface area (Å²) in [5, 5.41) is 9.62. The molecular weight excluding hydrogens is 136 g/mol. The molecule has 0 bridgehead atoms. The lowest BCUT2D eigenvalue weighted by Crippen LogP contribution is -2.52. The van der Waals surface area contributed by atoms with E-state index in [0.717, 1.165) is 18.3 Å². The Morgan fingerprint density at radius 1 is 1.27 bits per heavy atom. The van der Waals surface area contributed by atoms with Crippen molar-refractivity contribution in [3.05, 3.63) is 0 Å². The van der Waals surface area contributed by atoms with Gasteiger partial charge in [0.2, 0.25) is 0 Å². The first kappa shape index (κ1) is 7.60. The van der Waals surface area contributed by atoms with Gasteiger partial charge in [0.05, 0.1) is 6.10 Å². The fourth-order valence-corrected chi connectivity index (χ4v) is 3.27. The maximum absolute atomic E-state index is 9.62. The summed E-state index contributed by atoms with van der Waals surface area (Å²) in [5.74, 6) is 2.17. The Hall–Kier alpha value is -0.0400. The Morgan fingerprint density at radius 3 is 2.45 bits per heavy atom. The Kier molecular flexibility index (Phi) is 1.39. The minimum Gasteiger partial charge on any atom is -0.393 e. The van der Waals surface area contributed by atoms with Gasteiger partial charge in [-0.1, -0.05) is 20.8 Å². The standard InChI is InChI=1S/C10H18O/c1-6-9-7(10(6,2)3)4-5-8(9)11/h6-9,11H,4-5H2,1-3H3. The summed E-state index contributed by atoms with van der Waals surface area (Å²) in [4.78, 5) is 0. The molecule has 4 unspecified atom stereocenters. The highest BCUT2D eigenvalue weighted by atomic mass is 16.3. The van der Waals surface area contributed by atoms with E-state index < -0.39 is 0 Å². The van der Waals surface area contributed by atoms with Gasteiger partial charge >= 0.3 is 0 Å². The largest absolute Gasteiger partial charge is 0.393 e. The zero-order valence-corrected chi connectivity index (χ0v) is 7.67. The molecule has 0 aromatic heterocycles. The molecule has 2 aliphatic carbocycles. The second-order valence-electron chi connectivity index (χ2n) is 4.94. The van der Waals surface area contributed by atoms with E-state index >= 15 is 0 Å². The molecule has 2 saturated carbocycles. The maximum Gasteiger partial charge on any atom is 0.0574 e. The van der Waals surface area contributed by atoms with E-state index in [-0.39, 0.29) is 6.10 Å². The number of rotatable bonds is 0. The lowest BCUT2D eigenvalue weighted by Gasteiger charge is -2.55. The lowest BCUT2D eigenvalue weighted by atomic mass is 9.50. The first-order valence-electron chi connectivity index (χ1n) is 4.73. The van der Waals surface area contributed by atoms with Crippen LogP contribution in [-0.4, -0.2) is 11.2 Å². The molecule has 64 valence electrons. The highest BCUT2D eigenvalue weighted by Gasteiger charge is 2.58. The summed E-state index contributed by atoms with van der Waals surface area (Å²) >= 11 is 0. The molecule has 0 spiro atoms. The van der Waals surface area contributed by atoms with Crippen LogP contribution >= 0.6 is 0 Å². The molecule has 0 amide bonds. The van der Waals surface area contributed by atoms with Gasteiger partial charge in [0.25, 0.3) is 0 Å². The second kappa shape index (κ2) is 2.01. The summed E-state index contributed by atoms with van der Waals surface area (Å²) < 4.78 is 0. The molecule has 2 aliphatic rings. The van der Waals surface area contributed by atoms with E-state index in [4.69, 9.17) is 0 Å². The van der Waals surface area contributed by atoms with Crippen LogP contribution in [0.5, 0.6) is 0 Å². The first-order valence-corrected chi connectivity index (χ1v) is 4.73. The summed E-state index contributed by atoms with van der Waals surface area (Å²) in [6.07, 6.45) is 2.31. The fraction of sp³-hybridized carbons (Fsp3) is 1.00. The predicted molar refractivity (Wildman–Crippen MR) is 45.2 cm³/mol. The minimum atomic E-state index is 0.0167. The molecule has 11 heavy (non-hydrogen) atoms. The van der Waals surface area contributed by atoms with Gasteiger partial charge in [0, 0.05) is 0 Å². The molecule has 0 saturated heterocycles. The van der Waals surface area contributed by atoms with Crippen LogP contribution in [0.15, 0.2) is 0 Å². The van der Waals surface area contributed by atoms with Gasteiger partial charge in [-0.2, -0.15) is 0 Å². The van der Waals surface area contributed by atoms with Crippen molar-refractivity contribution in [2.24, 2.45) is 23.2 Å². The van der Waals surface area contributed by atoms with Gasteiger partial charge in [0.15, 0.2) is 0 Å². The number of hydrogen-bond acceptors (Lipinski definition) is 1. The Bertz CT molecular complexity index is 174. The van der Waals surface area contributed by atoms with Crippen LogP contribution in [0.3, 0.4) is 0 Å². The normalized spacial score (nSPS) is 53.5. The Labute approximate surface area is 68.8 Å². The SMILES string of the molecule is CC1C2C(O)CCC2C1(C)C. The fourth-order valence-electron chi connectivity index (χ4n) is 3.27. The van der Waals surface area contributed by atoms with Crippen LogP contribution in [0, 0.1) is 23.2 Å². The van der Waals surface area contributed by atoms with Gasteiger partial charge in [-0.15, -0.1) is 0 Å². The average Bonchev–Trinajstić information content (AvgIpc) is 2.29. The molecule has 2 rings (SSSR count). The highest BCUT2D eigenvalue weighted by Crippen LogP contribution is 2.62. The maximum atomic E-state index is 9.62. The molecule has 0 radical (unpaired) electrons. The van der Waals surface area contributed by atoms with Gasteiger partial charge in [0.1, 0.15) is 0 Å². The van der Waals surface area contributed by atoms with Crippen molar-refractivity contribution in [3.8, 4) is 0 Å². The van der Waals surface area contributed by atoms with Crippen molar-refractivity contribution >= 4 is 0 Å². The van der Waals surface area contributed by atoms with Crippen LogP contribution < -0.4 is 0 Å². The van der Waals surface area contributed by atoms with Gasteiger partial charge in [-0.05, 0) is 36.0 Å². The third kappa shape index (κ3) is 0.752. The monoisotopic (exact) mass is 154 g/mol. The number of aliphatic hydroxyl groups excluding tert-OH is 1. The summed E-state index contributed by atoms with van der Waals surface area (Å²) in [7, 11) is 0. The van der Waals surface area contributed by atoms with Crippen molar-refractivity contribution in [2.75, 3.05) is 0 Å². The summed E-state index contributed by atoms with van der Waals surface area (Å²) in [6, 6.07) is 0. The number of aliphatic hydroxyl groups is 1. The van der Waals surface area contributed by atoms with Crippen molar-refractivity contribution in [1.82, 2.24) is 0 Å². The van der Waals surface area contributed by atoms with E-state index in [0.29, 0.717) is 11.3 Å². The molecule has 1 nitrogen and oxygen atoms in total. The van der Waals surface area contributed by atoms with Crippen LogP contribution in [0.4, 0.5) is 0 Å². The average molecular weight is 154 g/mol. The van der Waals surface area contributed by atoms with Crippen LogP contribution in [0.2, 0.25) is 0 Å². The molecule has 2 fully saturated rings. The Balaban J connectivity index is 2.17. The smallest absolute Gasteiger partial charge is 0.0574 e. The van der Waals surface area contributed by atoms with Gasteiger partial charge < -0.3 is 5.11 Å². The molecule has 0 aromatic rings. The number of hydrogen-bond donors (Lipinski definition) is 1. The molecule has 0 aromatic carbocycles. The Morgan fingerprint density at radius 2 is 1.91 bits per heavy atom. The third-order valence-corrected chi connectivity index (χ3v) is 4.39. The van der Waals surface area contributed by atoms with Crippen LogP contribution in [0.25, 0.3) is 0 Å². The molecule has 0 heterocycles. The van der Waals surface area contributed by atoms with E-state index in [9.17, 15) is 5.11 Å². The van der Waals surface area contributed by atoms with Gasteiger partial charge in [-0.3, -0.25) is 0 Å². The zero-order chi connectivity index (χ0) is 8.22. The van der Waals surface area contributed by atoms with E-state index in [2.05, 4.69) is 20.8 Å². The second-order valence-corrected chi connectivity index (χ2v) is 4.94. The van der Waals surface area contributed by atoms with Crippen molar-refractivity contribution < 1.29 is 5.11 Å². The lowest BCUT2D eigenvalue weighted by molar-refractivity contribution is -0.105. The zero-order valence-electron chi connectivity index (χ0n) is 7.67. The quantitative estimate of drug-likeness (QED) is 0.566. The highest BCUT2D eigenvalue weighted by molar-refractivity contribution is 5.07. The minimum absolute atomic E-state index is 0.0167.